The first-order chi connectivity index (χ1) is 14.9. The van der Waals surface area contributed by atoms with Crippen LogP contribution in [0.5, 0.6) is 5.75 Å². The SMILES string of the molecule is COc1ccc(S(=O)(=O)N(CCc2ccccc2)[C@@H](Cc2ccccc2)C(=O)O)cc1. The number of ether oxygens (including phenoxy) is 1. The molecule has 0 saturated carbocycles. The molecule has 0 bridgehead atoms. The van der Waals surface area contributed by atoms with E-state index >= 15 is 0 Å². The van der Waals surface area contributed by atoms with Crippen LogP contribution in [0.2, 0.25) is 0 Å². The van der Waals surface area contributed by atoms with Crippen molar-refractivity contribution in [3.8, 4) is 5.75 Å². The highest BCUT2D eigenvalue weighted by Crippen LogP contribution is 2.23. The summed E-state index contributed by atoms with van der Waals surface area (Å²) in [7, 11) is -2.57. The lowest BCUT2D eigenvalue weighted by molar-refractivity contribution is -0.141. The van der Waals surface area contributed by atoms with Gasteiger partial charge in [-0.3, -0.25) is 4.79 Å². The van der Waals surface area contributed by atoms with Crippen molar-refractivity contribution in [3.63, 3.8) is 0 Å². The Hall–Kier alpha value is -3.16. The van der Waals surface area contributed by atoms with E-state index in [4.69, 9.17) is 4.74 Å². The molecule has 0 aliphatic carbocycles. The molecule has 0 radical (unpaired) electrons. The van der Waals surface area contributed by atoms with Crippen LogP contribution in [0, 0.1) is 0 Å². The zero-order valence-electron chi connectivity index (χ0n) is 17.2. The van der Waals surface area contributed by atoms with Gasteiger partial charge in [-0.1, -0.05) is 60.7 Å². The van der Waals surface area contributed by atoms with E-state index in [2.05, 4.69) is 0 Å². The highest BCUT2D eigenvalue weighted by atomic mass is 32.2. The molecule has 3 rings (SSSR count). The Kier molecular flexibility index (Phi) is 7.44. The Labute approximate surface area is 182 Å². The summed E-state index contributed by atoms with van der Waals surface area (Å²) in [5.41, 5.74) is 1.69. The van der Waals surface area contributed by atoms with Crippen LogP contribution < -0.4 is 4.74 Å². The molecule has 1 N–H and O–H groups in total. The van der Waals surface area contributed by atoms with Gasteiger partial charge in [-0.25, -0.2) is 8.42 Å². The largest absolute Gasteiger partial charge is 0.497 e. The molecule has 0 amide bonds. The standard InChI is InChI=1S/C24H25NO5S/c1-30-21-12-14-22(15-13-21)31(28,29)25(17-16-19-8-4-2-5-9-19)23(24(26)27)18-20-10-6-3-7-11-20/h2-15,23H,16-18H2,1H3,(H,26,27)/t23-/m0/s1. The van der Waals surface area contributed by atoms with Gasteiger partial charge in [0, 0.05) is 6.54 Å². The van der Waals surface area contributed by atoms with Crippen LogP contribution in [0.25, 0.3) is 0 Å². The van der Waals surface area contributed by atoms with E-state index in [1.54, 1.807) is 36.4 Å². The number of benzene rings is 3. The fraction of sp³-hybridized carbons (Fsp3) is 0.208. The summed E-state index contributed by atoms with van der Waals surface area (Å²) < 4.78 is 33.2. The third-order valence-electron chi connectivity index (χ3n) is 5.03. The van der Waals surface area contributed by atoms with E-state index in [1.807, 2.05) is 36.4 Å². The smallest absolute Gasteiger partial charge is 0.322 e. The fourth-order valence-corrected chi connectivity index (χ4v) is 4.94. The van der Waals surface area contributed by atoms with Gasteiger partial charge in [0.25, 0.3) is 0 Å². The summed E-state index contributed by atoms with van der Waals surface area (Å²) in [5, 5.41) is 9.97. The Morgan fingerprint density at radius 3 is 1.97 bits per heavy atom. The van der Waals surface area contributed by atoms with Gasteiger partial charge in [-0.05, 0) is 48.2 Å². The van der Waals surface area contributed by atoms with Crippen LogP contribution in [0.15, 0.2) is 89.8 Å². The number of aliphatic carboxylic acids is 1. The predicted molar refractivity (Wildman–Crippen MR) is 119 cm³/mol. The van der Waals surface area contributed by atoms with Gasteiger partial charge in [0.2, 0.25) is 10.0 Å². The van der Waals surface area contributed by atoms with E-state index in [1.165, 1.54) is 19.2 Å². The first-order valence-electron chi connectivity index (χ1n) is 9.88. The number of hydrogen-bond acceptors (Lipinski definition) is 4. The van der Waals surface area contributed by atoms with Gasteiger partial charge in [-0.2, -0.15) is 4.31 Å². The van der Waals surface area contributed by atoms with Crippen LogP contribution in [0.1, 0.15) is 11.1 Å². The van der Waals surface area contributed by atoms with Crippen molar-refractivity contribution in [2.75, 3.05) is 13.7 Å². The molecule has 0 spiro atoms. The minimum atomic E-state index is -4.06. The summed E-state index contributed by atoms with van der Waals surface area (Å²) in [6.45, 7) is 0.0438. The van der Waals surface area contributed by atoms with E-state index in [-0.39, 0.29) is 17.9 Å². The Morgan fingerprint density at radius 1 is 0.903 bits per heavy atom. The van der Waals surface area contributed by atoms with Crippen LogP contribution in [-0.4, -0.2) is 43.5 Å². The molecular formula is C24H25NO5S. The second kappa shape index (κ2) is 10.2. The zero-order chi connectivity index (χ0) is 22.3. The molecule has 0 unspecified atom stereocenters. The van der Waals surface area contributed by atoms with Gasteiger partial charge < -0.3 is 9.84 Å². The van der Waals surface area contributed by atoms with Crippen molar-refractivity contribution in [3.05, 3.63) is 96.1 Å². The minimum Gasteiger partial charge on any atom is -0.497 e. The number of nitrogens with zero attached hydrogens (tertiary/aromatic N) is 1. The van der Waals surface area contributed by atoms with Gasteiger partial charge in [0.05, 0.1) is 12.0 Å². The first kappa shape index (κ1) is 22.5. The van der Waals surface area contributed by atoms with Crippen LogP contribution in [0.4, 0.5) is 0 Å². The lowest BCUT2D eigenvalue weighted by Crippen LogP contribution is -2.47. The Morgan fingerprint density at radius 2 is 1.45 bits per heavy atom. The molecule has 0 fully saturated rings. The van der Waals surface area contributed by atoms with Crippen molar-refractivity contribution < 1.29 is 23.1 Å². The Bertz CT molecular complexity index is 1080. The van der Waals surface area contributed by atoms with Gasteiger partial charge in [-0.15, -0.1) is 0 Å². The summed E-state index contributed by atoms with van der Waals surface area (Å²) in [6.07, 6.45) is 0.467. The second-order valence-corrected chi connectivity index (χ2v) is 8.96. The van der Waals surface area contributed by atoms with Crippen molar-refractivity contribution >= 4 is 16.0 Å². The van der Waals surface area contributed by atoms with Crippen molar-refractivity contribution in [1.29, 1.82) is 0 Å². The number of carbonyl (C=O) groups is 1. The molecule has 7 heteroatoms. The third-order valence-corrected chi connectivity index (χ3v) is 6.96. The zero-order valence-corrected chi connectivity index (χ0v) is 18.0. The summed E-state index contributed by atoms with van der Waals surface area (Å²) in [5.74, 6) is -0.664. The predicted octanol–water partition coefficient (Wildman–Crippen LogP) is 3.62. The van der Waals surface area contributed by atoms with Crippen molar-refractivity contribution in [1.82, 2.24) is 4.31 Å². The van der Waals surface area contributed by atoms with Gasteiger partial charge in [0.15, 0.2) is 0 Å². The van der Waals surface area contributed by atoms with Crippen LogP contribution in [-0.2, 0) is 27.7 Å². The lowest BCUT2D eigenvalue weighted by Gasteiger charge is -2.28. The minimum absolute atomic E-state index is 0.0284. The average Bonchev–Trinajstić information content (AvgIpc) is 2.79. The molecule has 162 valence electrons. The number of sulfonamides is 1. The summed E-state index contributed by atoms with van der Waals surface area (Å²) in [4.78, 5) is 12.2. The maximum Gasteiger partial charge on any atom is 0.322 e. The molecule has 0 saturated heterocycles. The number of hydrogen-bond donors (Lipinski definition) is 1. The molecule has 0 aliphatic heterocycles. The van der Waals surface area contributed by atoms with Crippen LogP contribution >= 0.6 is 0 Å². The third kappa shape index (κ3) is 5.71. The van der Waals surface area contributed by atoms with E-state index in [0.29, 0.717) is 12.2 Å². The normalized spacial score (nSPS) is 12.5. The highest BCUT2D eigenvalue weighted by molar-refractivity contribution is 7.89. The average molecular weight is 440 g/mol. The maximum absolute atomic E-state index is 13.5. The highest BCUT2D eigenvalue weighted by Gasteiger charge is 2.35. The number of rotatable bonds is 10. The van der Waals surface area contributed by atoms with E-state index in [9.17, 15) is 18.3 Å². The maximum atomic E-state index is 13.5. The molecule has 0 aromatic heterocycles. The van der Waals surface area contributed by atoms with Crippen molar-refractivity contribution in [2.24, 2.45) is 0 Å². The molecule has 3 aromatic rings. The molecular weight excluding hydrogens is 414 g/mol. The molecule has 31 heavy (non-hydrogen) atoms. The van der Waals surface area contributed by atoms with E-state index in [0.717, 1.165) is 15.4 Å². The molecule has 6 nitrogen and oxygen atoms in total. The lowest BCUT2D eigenvalue weighted by atomic mass is 10.1. The molecule has 1 atom stereocenters. The molecule has 0 aliphatic rings. The number of methoxy groups -OCH3 is 1. The molecule has 3 aromatic carbocycles. The van der Waals surface area contributed by atoms with Crippen molar-refractivity contribution in [2.45, 2.75) is 23.8 Å². The van der Waals surface area contributed by atoms with Gasteiger partial charge in [0.1, 0.15) is 11.8 Å². The number of carboxylic acid groups (broad SMARTS) is 1. The van der Waals surface area contributed by atoms with E-state index < -0.39 is 22.0 Å². The second-order valence-electron chi connectivity index (χ2n) is 7.07. The van der Waals surface area contributed by atoms with Gasteiger partial charge >= 0.3 is 5.97 Å². The summed E-state index contributed by atoms with van der Waals surface area (Å²) in [6, 6.07) is 23.2. The molecule has 0 heterocycles. The Balaban J connectivity index is 1.97. The summed E-state index contributed by atoms with van der Waals surface area (Å²) >= 11 is 0. The first-order valence-corrected chi connectivity index (χ1v) is 11.3. The topological polar surface area (TPSA) is 83.9 Å². The quantitative estimate of drug-likeness (QED) is 0.522. The fourth-order valence-electron chi connectivity index (χ4n) is 3.36. The van der Waals surface area contributed by atoms with Crippen LogP contribution in [0.3, 0.4) is 0 Å². The number of carboxylic acids is 1. The monoisotopic (exact) mass is 439 g/mol.